The van der Waals surface area contributed by atoms with Crippen LogP contribution in [0.2, 0.25) is 0 Å². The number of halogens is 1. The Morgan fingerprint density at radius 1 is 0.960 bits per heavy atom. The number of nitrogens with one attached hydrogen (secondary N) is 3. The highest BCUT2D eigenvalue weighted by molar-refractivity contribution is 14.0. The molecule has 0 heterocycles. The van der Waals surface area contributed by atoms with Gasteiger partial charge in [-0.05, 0) is 33.6 Å². The molecule has 0 fully saturated rings. The number of aliphatic imine (C=N–C) groups is 1. The zero-order valence-corrected chi connectivity index (χ0v) is 18.5. The number of nitrogens with zero attached hydrogens (tertiary/aromatic N) is 1. The van der Waals surface area contributed by atoms with Crippen LogP contribution < -0.4 is 16.0 Å². The third-order valence-corrected chi connectivity index (χ3v) is 2.73. The van der Waals surface area contributed by atoms with Crippen molar-refractivity contribution in [2.75, 3.05) is 53.6 Å². The van der Waals surface area contributed by atoms with Gasteiger partial charge in [-0.25, -0.2) is 4.79 Å². The Balaban J connectivity index is 0. The number of hydrogen-bond donors (Lipinski definition) is 3. The summed E-state index contributed by atoms with van der Waals surface area (Å²) in [5.74, 6) is 0.740. The average Bonchev–Trinajstić information content (AvgIpc) is 2.50. The second-order valence-corrected chi connectivity index (χ2v) is 6.17. The van der Waals surface area contributed by atoms with Crippen LogP contribution in [0.3, 0.4) is 0 Å². The molecule has 25 heavy (non-hydrogen) atoms. The maximum atomic E-state index is 11.5. The van der Waals surface area contributed by atoms with Crippen molar-refractivity contribution in [3.05, 3.63) is 0 Å². The molecular formula is C16H35IN4O4. The first-order valence-corrected chi connectivity index (χ1v) is 8.37. The predicted molar refractivity (Wildman–Crippen MR) is 111 cm³/mol. The van der Waals surface area contributed by atoms with E-state index in [1.165, 1.54) is 0 Å². The number of ether oxygens (including phenoxy) is 3. The van der Waals surface area contributed by atoms with Crippen LogP contribution in [0.25, 0.3) is 0 Å². The van der Waals surface area contributed by atoms with Gasteiger partial charge in [-0.2, -0.15) is 0 Å². The molecule has 9 heteroatoms. The van der Waals surface area contributed by atoms with Crippen molar-refractivity contribution < 1.29 is 19.0 Å². The molecule has 0 aliphatic heterocycles. The molecule has 0 aromatic carbocycles. The van der Waals surface area contributed by atoms with E-state index in [0.29, 0.717) is 32.9 Å². The Hall–Kier alpha value is -0.810. The highest BCUT2D eigenvalue weighted by Crippen LogP contribution is 2.06. The van der Waals surface area contributed by atoms with Gasteiger partial charge in [0.15, 0.2) is 5.96 Å². The van der Waals surface area contributed by atoms with Crippen molar-refractivity contribution >= 4 is 36.0 Å². The summed E-state index contributed by atoms with van der Waals surface area (Å²) in [4.78, 5) is 15.6. The molecule has 1 amide bonds. The van der Waals surface area contributed by atoms with Crippen LogP contribution in [0, 0.1) is 0 Å². The zero-order chi connectivity index (χ0) is 18.3. The molecule has 0 aliphatic carbocycles. The second-order valence-electron chi connectivity index (χ2n) is 6.17. The molecule has 0 saturated carbocycles. The lowest BCUT2D eigenvalue weighted by Crippen LogP contribution is -2.39. The fraction of sp³-hybridized carbons (Fsp3) is 0.875. The summed E-state index contributed by atoms with van der Waals surface area (Å²) in [6.07, 6.45) is 1.28. The molecule has 0 rings (SSSR count). The molecule has 150 valence electrons. The lowest BCUT2D eigenvalue weighted by atomic mass is 10.2. The van der Waals surface area contributed by atoms with E-state index < -0.39 is 11.7 Å². The summed E-state index contributed by atoms with van der Waals surface area (Å²) in [6, 6.07) is 0. The molecule has 0 unspecified atom stereocenters. The lowest BCUT2D eigenvalue weighted by molar-refractivity contribution is 0.0527. The van der Waals surface area contributed by atoms with Gasteiger partial charge in [0.2, 0.25) is 0 Å². The second kappa shape index (κ2) is 16.6. The summed E-state index contributed by atoms with van der Waals surface area (Å²) in [5.41, 5.74) is -0.471. The molecule has 0 radical (unpaired) electrons. The number of amides is 1. The molecule has 0 atom stereocenters. The molecule has 0 aromatic rings. The number of methoxy groups -OCH3 is 1. The van der Waals surface area contributed by atoms with Crippen LogP contribution in [-0.2, 0) is 14.2 Å². The fourth-order valence-electron chi connectivity index (χ4n) is 1.65. The minimum Gasteiger partial charge on any atom is -0.444 e. The Labute approximate surface area is 168 Å². The monoisotopic (exact) mass is 474 g/mol. The van der Waals surface area contributed by atoms with Crippen LogP contribution in [-0.4, -0.2) is 71.3 Å². The third kappa shape index (κ3) is 19.4. The molecule has 0 aliphatic rings. The smallest absolute Gasteiger partial charge is 0.407 e. The van der Waals surface area contributed by atoms with E-state index in [0.717, 1.165) is 25.3 Å². The summed E-state index contributed by atoms with van der Waals surface area (Å²) in [6.45, 7) is 9.48. The van der Waals surface area contributed by atoms with Crippen LogP contribution >= 0.6 is 24.0 Å². The largest absolute Gasteiger partial charge is 0.444 e. The predicted octanol–water partition coefficient (Wildman–Crippen LogP) is 1.74. The van der Waals surface area contributed by atoms with Gasteiger partial charge in [0, 0.05) is 40.4 Å². The first kappa shape index (κ1) is 26.4. The molecule has 8 nitrogen and oxygen atoms in total. The van der Waals surface area contributed by atoms with Gasteiger partial charge in [0.05, 0.1) is 13.2 Å². The normalized spacial score (nSPS) is 11.5. The maximum Gasteiger partial charge on any atom is 0.407 e. The Bertz CT molecular complexity index is 363. The van der Waals surface area contributed by atoms with Gasteiger partial charge < -0.3 is 30.2 Å². The minimum atomic E-state index is -0.471. The molecule has 0 saturated heterocycles. The Morgan fingerprint density at radius 3 is 2.12 bits per heavy atom. The van der Waals surface area contributed by atoms with E-state index in [2.05, 4.69) is 20.9 Å². The van der Waals surface area contributed by atoms with Crippen molar-refractivity contribution in [2.45, 2.75) is 39.2 Å². The third-order valence-electron chi connectivity index (χ3n) is 2.73. The SMILES string of the molecule is CN=C(NCCCNC(=O)OC(C)(C)C)NCCCOCCOC.I. The quantitative estimate of drug-likeness (QED) is 0.183. The molecule has 0 bridgehead atoms. The van der Waals surface area contributed by atoms with Crippen LogP contribution in [0.1, 0.15) is 33.6 Å². The van der Waals surface area contributed by atoms with E-state index in [-0.39, 0.29) is 24.0 Å². The minimum absolute atomic E-state index is 0. The average molecular weight is 474 g/mol. The number of alkyl carbamates (subject to hydrolysis) is 1. The van der Waals surface area contributed by atoms with E-state index in [4.69, 9.17) is 14.2 Å². The van der Waals surface area contributed by atoms with Gasteiger partial charge in [-0.1, -0.05) is 0 Å². The summed E-state index contributed by atoms with van der Waals surface area (Å²) in [5, 5.41) is 9.11. The molecule has 3 N–H and O–H groups in total. The maximum absolute atomic E-state index is 11.5. The van der Waals surface area contributed by atoms with Crippen molar-refractivity contribution in [2.24, 2.45) is 4.99 Å². The van der Waals surface area contributed by atoms with Crippen molar-refractivity contribution in [3.63, 3.8) is 0 Å². The number of rotatable bonds is 11. The molecule has 0 aromatic heterocycles. The van der Waals surface area contributed by atoms with E-state index >= 15 is 0 Å². The van der Waals surface area contributed by atoms with Crippen molar-refractivity contribution in [1.82, 2.24) is 16.0 Å². The van der Waals surface area contributed by atoms with Crippen LogP contribution in [0.15, 0.2) is 4.99 Å². The van der Waals surface area contributed by atoms with Gasteiger partial charge in [0.25, 0.3) is 0 Å². The lowest BCUT2D eigenvalue weighted by Gasteiger charge is -2.19. The fourth-order valence-corrected chi connectivity index (χ4v) is 1.65. The number of hydrogen-bond acceptors (Lipinski definition) is 5. The first-order chi connectivity index (χ1) is 11.4. The Kier molecular flexibility index (Phi) is 17.6. The highest BCUT2D eigenvalue weighted by atomic mass is 127. The van der Waals surface area contributed by atoms with E-state index in [1.54, 1.807) is 14.2 Å². The number of carbonyl (C=O) groups excluding carboxylic acids is 1. The van der Waals surface area contributed by atoms with Crippen molar-refractivity contribution in [3.8, 4) is 0 Å². The topological polar surface area (TPSA) is 93.2 Å². The first-order valence-electron chi connectivity index (χ1n) is 8.37. The number of guanidine groups is 1. The van der Waals surface area contributed by atoms with Gasteiger partial charge >= 0.3 is 6.09 Å². The van der Waals surface area contributed by atoms with Crippen molar-refractivity contribution in [1.29, 1.82) is 0 Å². The standard InChI is InChI=1S/C16H34N4O4.HI/c1-16(2,3)24-15(21)20-9-6-8-18-14(17-4)19-10-7-11-23-13-12-22-5;/h6-13H2,1-5H3,(H,20,21)(H2,17,18,19);1H. The molecular weight excluding hydrogens is 439 g/mol. The van der Waals surface area contributed by atoms with E-state index in [9.17, 15) is 4.79 Å². The Morgan fingerprint density at radius 2 is 1.56 bits per heavy atom. The summed E-state index contributed by atoms with van der Waals surface area (Å²) in [7, 11) is 3.38. The zero-order valence-electron chi connectivity index (χ0n) is 16.1. The van der Waals surface area contributed by atoms with Gasteiger partial charge in [-0.15, -0.1) is 24.0 Å². The molecule has 0 spiro atoms. The van der Waals surface area contributed by atoms with E-state index in [1.807, 2.05) is 20.8 Å². The van der Waals surface area contributed by atoms with Crippen LogP contribution in [0.4, 0.5) is 4.79 Å². The number of carbonyl (C=O) groups is 1. The van der Waals surface area contributed by atoms with Crippen LogP contribution in [0.5, 0.6) is 0 Å². The van der Waals surface area contributed by atoms with Gasteiger partial charge in [0.1, 0.15) is 5.60 Å². The summed E-state index contributed by atoms with van der Waals surface area (Å²) < 4.78 is 15.4. The van der Waals surface area contributed by atoms with Gasteiger partial charge in [-0.3, -0.25) is 4.99 Å². The highest BCUT2D eigenvalue weighted by Gasteiger charge is 2.15. The summed E-state index contributed by atoms with van der Waals surface area (Å²) >= 11 is 0.